The molecule has 0 aromatic heterocycles. The maximum atomic E-state index is 5.82. The van der Waals surface area contributed by atoms with Crippen LogP contribution in [-0.4, -0.2) is 11.9 Å². The normalized spacial score (nSPS) is 24.1. The van der Waals surface area contributed by atoms with Crippen molar-refractivity contribution in [3.05, 3.63) is 35.9 Å². The van der Waals surface area contributed by atoms with E-state index in [4.69, 9.17) is 4.74 Å². The van der Waals surface area contributed by atoms with Crippen LogP contribution in [0.25, 0.3) is 0 Å². The van der Waals surface area contributed by atoms with Crippen molar-refractivity contribution in [3.8, 4) is 0 Å². The van der Waals surface area contributed by atoms with Gasteiger partial charge in [-0.25, -0.2) is 0 Å². The molecule has 0 amide bonds. The van der Waals surface area contributed by atoms with Gasteiger partial charge in [-0.1, -0.05) is 52.7 Å². The monoisotopic (exact) mass is 296 g/mol. The number of ether oxygens (including phenoxy) is 1. The summed E-state index contributed by atoms with van der Waals surface area (Å²) in [5, 5.41) is 1.15. The van der Waals surface area contributed by atoms with Crippen molar-refractivity contribution in [1.82, 2.24) is 0 Å². The van der Waals surface area contributed by atoms with Gasteiger partial charge in [0.15, 0.2) is 0 Å². The lowest BCUT2D eigenvalue weighted by atomic mass is 10.0. The van der Waals surface area contributed by atoms with E-state index in [2.05, 4.69) is 40.2 Å². The second kappa shape index (κ2) is 7.17. The van der Waals surface area contributed by atoms with Gasteiger partial charge in [0, 0.05) is 11.9 Å². The first-order valence-corrected chi connectivity index (χ1v) is 7.68. The molecule has 0 saturated heterocycles. The number of hydrogen-bond acceptors (Lipinski definition) is 1. The second-order valence-electron chi connectivity index (χ2n) is 5.02. The molecule has 17 heavy (non-hydrogen) atoms. The van der Waals surface area contributed by atoms with Crippen molar-refractivity contribution in [2.24, 2.45) is 11.8 Å². The van der Waals surface area contributed by atoms with E-state index in [0.717, 1.165) is 30.4 Å². The summed E-state index contributed by atoms with van der Waals surface area (Å²) in [4.78, 5) is 0. The van der Waals surface area contributed by atoms with Crippen LogP contribution in [0.15, 0.2) is 30.3 Å². The van der Waals surface area contributed by atoms with E-state index in [-0.39, 0.29) is 0 Å². The average Bonchev–Trinajstić information content (AvgIpc) is 2.79. The molecule has 1 saturated carbocycles. The molecule has 1 aliphatic rings. The van der Waals surface area contributed by atoms with Crippen molar-refractivity contribution in [2.75, 3.05) is 11.9 Å². The van der Waals surface area contributed by atoms with Crippen LogP contribution in [0.5, 0.6) is 0 Å². The highest BCUT2D eigenvalue weighted by atomic mass is 79.9. The van der Waals surface area contributed by atoms with Crippen molar-refractivity contribution in [2.45, 2.75) is 32.3 Å². The molecule has 1 aromatic rings. The molecule has 1 fully saturated rings. The number of halogens is 1. The molecule has 0 bridgehead atoms. The number of alkyl halides is 1. The first-order chi connectivity index (χ1) is 8.38. The van der Waals surface area contributed by atoms with Crippen LogP contribution in [0.3, 0.4) is 0 Å². The van der Waals surface area contributed by atoms with E-state index in [0.29, 0.717) is 0 Å². The largest absolute Gasteiger partial charge is 0.376 e. The van der Waals surface area contributed by atoms with Crippen molar-refractivity contribution >= 4 is 15.9 Å². The number of hydrogen-bond donors (Lipinski definition) is 0. The van der Waals surface area contributed by atoms with Crippen LogP contribution in [0.2, 0.25) is 0 Å². The minimum Gasteiger partial charge on any atom is -0.376 e. The van der Waals surface area contributed by atoms with Crippen LogP contribution in [0.1, 0.15) is 31.2 Å². The van der Waals surface area contributed by atoms with Gasteiger partial charge in [-0.3, -0.25) is 0 Å². The van der Waals surface area contributed by atoms with E-state index >= 15 is 0 Å². The average molecular weight is 297 g/mol. The van der Waals surface area contributed by atoms with E-state index < -0.39 is 0 Å². The van der Waals surface area contributed by atoms with Crippen LogP contribution in [0, 0.1) is 11.8 Å². The maximum absolute atomic E-state index is 5.82. The lowest BCUT2D eigenvalue weighted by molar-refractivity contribution is 0.0875. The highest BCUT2D eigenvalue weighted by Crippen LogP contribution is 2.33. The summed E-state index contributed by atoms with van der Waals surface area (Å²) in [7, 11) is 0. The quantitative estimate of drug-likeness (QED) is 0.707. The fourth-order valence-corrected chi connectivity index (χ4v) is 3.31. The van der Waals surface area contributed by atoms with E-state index in [9.17, 15) is 0 Å². The molecule has 1 nitrogen and oxygen atoms in total. The molecule has 0 N–H and O–H groups in total. The third-order valence-electron chi connectivity index (χ3n) is 3.63. The lowest BCUT2D eigenvalue weighted by Gasteiger charge is -2.11. The van der Waals surface area contributed by atoms with E-state index in [1.165, 1.54) is 31.2 Å². The van der Waals surface area contributed by atoms with E-state index in [1.807, 2.05) is 6.07 Å². The maximum Gasteiger partial charge on any atom is 0.0717 e. The summed E-state index contributed by atoms with van der Waals surface area (Å²) in [5.41, 5.74) is 1.28. The highest BCUT2D eigenvalue weighted by molar-refractivity contribution is 9.09. The molecule has 2 rings (SSSR count). The number of benzene rings is 1. The fourth-order valence-electron chi connectivity index (χ4n) is 2.66. The minimum atomic E-state index is 0.764. The molecule has 1 aromatic carbocycles. The van der Waals surface area contributed by atoms with Crippen molar-refractivity contribution in [3.63, 3.8) is 0 Å². The summed E-state index contributed by atoms with van der Waals surface area (Å²) in [5.74, 6) is 1.72. The fraction of sp³-hybridized carbons (Fsp3) is 0.600. The van der Waals surface area contributed by atoms with Crippen LogP contribution in [0.4, 0.5) is 0 Å². The molecule has 2 atom stereocenters. The molecule has 0 spiro atoms. The molecule has 2 heteroatoms. The van der Waals surface area contributed by atoms with Gasteiger partial charge in [0.1, 0.15) is 0 Å². The first kappa shape index (κ1) is 13.1. The molecule has 2 unspecified atom stereocenters. The zero-order valence-corrected chi connectivity index (χ0v) is 11.9. The van der Waals surface area contributed by atoms with Crippen LogP contribution in [-0.2, 0) is 11.3 Å². The standard InChI is InChI=1S/C15H21BrO/c16-9-8-13-6-7-15(10-13)12-17-11-14-4-2-1-3-5-14/h1-5,13,15H,6-12H2. The van der Waals surface area contributed by atoms with Crippen molar-refractivity contribution < 1.29 is 4.74 Å². The molecular formula is C15H21BrO. The molecular weight excluding hydrogens is 276 g/mol. The summed E-state index contributed by atoms with van der Waals surface area (Å²) < 4.78 is 5.82. The highest BCUT2D eigenvalue weighted by Gasteiger charge is 2.23. The Morgan fingerprint density at radius 2 is 1.88 bits per heavy atom. The van der Waals surface area contributed by atoms with Crippen LogP contribution < -0.4 is 0 Å². The Balaban J connectivity index is 1.63. The topological polar surface area (TPSA) is 9.23 Å². The predicted octanol–water partition coefficient (Wildman–Crippen LogP) is 4.40. The Kier molecular flexibility index (Phi) is 5.53. The van der Waals surface area contributed by atoms with Gasteiger partial charge in [0.2, 0.25) is 0 Å². The van der Waals surface area contributed by atoms with Gasteiger partial charge in [0.05, 0.1) is 6.61 Å². The van der Waals surface area contributed by atoms with Gasteiger partial charge in [-0.05, 0) is 36.7 Å². The Morgan fingerprint density at radius 1 is 1.12 bits per heavy atom. The Bertz CT molecular complexity index is 312. The summed E-state index contributed by atoms with van der Waals surface area (Å²) >= 11 is 3.53. The summed E-state index contributed by atoms with van der Waals surface area (Å²) in [6.45, 7) is 1.70. The molecule has 0 radical (unpaired) electrons. The van der Waals surface area contributed by atoms with Crippen LogP contribution >= 0.6 is 15.9 Å². The minimum absolute atomic E-state index is 0.764. The number of rotatable bonds is 6. The second-order valence-corrected chi connectivity index (χ2v) is 5.82. The zero-order chi connectivity index (χ0) is 11.9. The first-order valence-electron chi connectivity index (χ1n) is 6.56. The SMILES string of the molecule is BrCCC1CCC(COCc2ccccc2)C1. The van der Waals surface area contributed by atoms with Gasteiger partial charge in [-0.2, -0.15) is 0 Å². The lowest BCUT2D eigenvalue weighted by Crippen LogP contribution is -2.06. The molecule has 1 aliphatic carbocycles. The summed E-state index contributed by atoms with van der Waals surface area (Å²) in [6.07, 6.45) is 5.44. The Labute approximate surface area is 113 Å². The van der Waals surface area contributed by atoms with Crippen molar-refractivity contribution in [1.29, 1.82) is 0 Å². The third kappa shape index (κ3) is 4.44. The third-order valence-corrected chi connectivity index (χ3v) is 4.09. The molecule has 94 valence electrons. The Morgan fingerprint density at radius 3 is 2.65 bits per heavy atom. The van der Waals surface area contributed by atoms with Gasteiger partial charge in [-0.15, -0.1) is 0 Å². The van der Waals surface area contributed by atoms with Gasteiger partial charge < -0.3 is 4.74 Å². The van der Waals surface area contributed by atoms with E-state index in [1.54, 1.807) is 0 Å². The zero-order valence-electron chi connectivity index (χ0n) is 10.3. The smallest absolute Gasteiger partial charge is 0.0717 e. The molecule has 0 heterocycles. The van der Waals surface area contributed by atoms with Gasteiger partial charge >= 0.3 is 0 Å². The Hall–Kier alpha value is -0.340. The predicted molar refractivity (Wildman–Crippen MR) is 75.3 cm³/mol. The molecule has 0 aliphatic heterocycles. The summed E-state index contributed by atoms with van der Waals surface area (Å²) in [6, 6.07) is 10.4. The van der Waals surface area contributed by atoms with Gasteiger partial charge in [0.25, 0.3) is 0 Å².